The van der Waals surface area contributed by atoms with Crippen LogP contribution in [-0.2, 0) is 6.61 Å². The summed E-state index contributed by atoms with van der Waals surface area (Å²) in [6.07, 6.45) is 1.90. The Kier molecular flexibility index (Phi) is 3.12. The van der Waals surface area contributed by atoms with Crippen molar-refractivity contribution in [1.82, 2.24) is 0 Å². The quantitative estimate of drug-likeness (QED) is 0.715. The molecule has 1 nitrogen and oxygen atoms in total. The van der Waals surface area contributed by atoms with Gasteiger partial charge in [0.05, 0.1) is 6.61 Å². The van der Waals surface area contributed by atoms with Crippen LogP contribution in [0.5, 0.6) is 0 Å². The summed E-state index contributed by atoms with van der Waals surface area (Å²) in [5.74, 6) is -0.326. The van der Waals surface area contributed by atoms with Crippen molar-refractivity contribution < 1.29 is 9.50 Å². The van der Waals surface area contributed by atoms with Crippen molar-refractivity contribution in [1.29, 1.82) is 0 Å². The first kappa shape index (κ1) is 9.55. The molecule has 0 aromatic heterocycles. The molecule has 1 N–H and O–H groups in total. The molecule has 3 heteroatoms. The number of hydrogen-bond acceptors (Lipinski definition) is 2. The maximum atomic E-state index is 13.0. The summed E-state index contributed by atoms with van der Waals surface area (Å²) in [4.78, 5) is 0.921. The summed E-state index contributed by atoms with van der Waals surface area (Å²) in [5, 5.41) is 8.76. The predicted octanol–water partition coefficient (Wildman–Crippen LogP) is 2.35. The molecule has 1 rings (SSSR count). The third kappa shape index (κ3) is 1.79. The average Bonchev–Trinajstić information content (AvgIpc) is 2.08. The molecule has 0 aliphatic carbocycles. The van der Waals surface area contributed by atoms with Crippen LogP contribution >= 0.6 is 11.8 Å². The van der Waals surface area contributed by atoms with Gasteiger partial charge in [-0.15, -0.1) is 11.8 Å². The first-order valence-electron chi connectivity index (χ1n) is 3.63. The van der Waals surface area contributed by atoms with Gasteiger partial charge in [-0.1, -0.05) is 0 Å². The molecule has 0 fully saturated rings. The zero-order valence-corrected chi connectivity index (χ0v) is 7.91. The second kappa shape index (κ2) is 3.92. The zero-order valence-electron chi connectivity index (χ0n) is 7.10. The van der Waals surface area contributed by atoms with Gasteiger partial charge in [-0.05, 0) is 30.9 Å². The molecule has 0 radical (unpaired) electrons. The standard InChI is InChI=1S/C9H11FOS/c1-6-3-7(5-11)8(10)4-9(6)12-2/h3-4,11H,5H2,1-2H3. The van der Waals surface area contributed by atoms with E-state index in [1.54, 1.807) is 6.07 Å². The number of halogens is 1. The van der Waals surface area contributed by atoms with Crippen LogP contribution in [0.15, 0.2) is 17.0 Å². The molecule has 0 heterocycles. The zero-order chi connectivity index (χ0) is 9.14. The fraction of sp³-hybridized carbons (Fsp3) is 0.333. The summed E-state index contributed by atoms with van der Waals surface area (Å²) >= 11 is 1.51. The van der Waals surface area contributed by atoms with Gasteiger partial charge in [-0.25, -0.2) is 4.39 Å². The first-order chi connectivity index (χ1) is 5.69. The Morgan fingerprint density at radius 1 is 1.50 bits per heavy atom. The summed E-state index contributed by atoms with van der Waals surface area (Å²) in [6, 6.07) is 3.15. The van der Waals surface area contributed by atoms with Gasteiger partial charge < -0.3 is 5.11 Å². The van der Waals surface area contributed by atoms with Crippen LogP contribution in [0.4, 0.5) is 4.39 Å². The Hall–Kier alpha value is -0.540. The smallest absolute Gasteiger partial charge is 0.129 e. The highest BCUT2D eigenvalue weighted by Crippen LogP contribution is 2.23. The second-order valence-electron chi connectivity index (χ2n) is 2.57. The molecular formula is C9H11FOS. The van der Waals surface area contributed by atoms with E-state index in [-0.39, 0.29) is 12.4 Å². The van der Waals surface area contributed by atoms with E-state index in [0.717, 1.165) is 10.5 Å². The molecule has 66 valence electrons. The lowest BCUT2D eigenvalue weighted by molar-refractivity contribution is 0.275. The molecule has 0 spiro atoms. The Morgan fingerprint density at radius 2 is 2.17 bits per heavy atom. The summed E-state index contributed by atoms with van der Waals surface area (Å²) in [5.41, 5.74) is 1.37. The van der Waals surface area contributed by atoms with Crippen LogP contribution in [0.25, 0.3) is 0 Å². The van der Waals surface area contributed by atoms with Crippen molar-refractivity contribution in [3.05, 3.63) is 29.1 Å². The van der Waals surface area contributed by atoms with Crippen molar-refractivity contribution in [2.45, 2.75) is 18.4 Å². The minimum absolute atomic E-state index is 0.235. The summed E-state index contributed by atoms with van der Waals surface area (Å²) in [7, 11) is 0. The molecule has 0 bridgehead atoms. The first-order valence-corrected chi connectivity index (χ1v) is 4.85. The number of hydrogen-bond donors (Lipinski definition) is 1. The molecule has 0 saturated carbocycles. The SMILES string of the molecule is CSc1cc(F)c(CO)cc1C. The highest BCUT2D eigenvalue weighted by molar-refractivity contribution is 7.98. The van der Waals surface area contributed by atoms with Crippen LogP contribution in [0, 0.1) is 12.7 Å². The lowest BCUT2D eigenvalue weighted by atomic mass is 10.1. The van der Waals surface area contributed by atoms with E-state index < -0.39 is 0 Å². The van der Waals surface area contributed by atoms with E-state index in [2.05, 4.69) is 0 Å². The molecule has 0 atom stereocenters. The molecule has 0 amide bonds. The monoisotopic (exact) mass is 186 g/mol. The number of rotatable bonds is 2. The molecular weight excluding hydrogens is 175 g/mol. The molecule has 0 saturated heterocycles. The molecule has 0 unspecified atom stereocenters. The summed E-state index contributed by atoms with van der Waals surface area (Å²) in [6.45, 7) is 1.67. The number of aliphatic hydroxyl groups excluding tert-OH is 1. The largest absolute Gasteiger partial charge is 0.392 e. The van der Waals surface area contributed by atoms with E-state index in [1.165, 1.54) is 17.8 Å². The predicted molar refractivity (Wildman–Crippen MR) is 48.8 cm³/mol. The maximum absolute atomic E-state index is 13.0. The third-order valence-corrected chi connectivity index (χ3v) is 2.61. The lowest BCUT2D eigenvalue weighted by Crippen LogP contribution is -1.92. The number of aliphatic hydroxyl groups is 1. The Labute approximate surface area is 75.6 Å². The van der Waals surface area contributed by atoms with E-state index in [0.29, 0.717) is 5.56 Å². The van der Waals surface area contributed by atoms with Gasteiger partial charge in [0, 0.05) is 10.5 Å². The lowest BCUT2D eigenvalue weighted by Gasteiger charge is -2.05. The Balaban J connectivity index is 3.16. The van der Waals surface area contributed by atoms with Gasteiger partial charge in [-0.2, -0.15) is 0 Å². The van der Waals surface area contributed by atoms with Gasteiger partial charge in [0.2, 0.25) is 0 Å². The van der Waals surface area contributed by atoms with Gasteiger partial charge >= 0.3 is 0 Å². The van der Waals surface area contributed by atoms with Gasteiger partial charge in [0.15, 0.2) is 0 Å². The average molecular weight is 186 g/mol. The highest BCUT2D eigenvalue weighted by atomic mass is 32.2. The second-order valence-corrected chi connectivity index (χ2v) is 3.42. The van der Waals surface area contributed by atoms with Crippen LogP contribution in [0.3, 0.4) is 0 Å². The van der Waals surface area contributed by atoms with Crippen molar-refractivity contribution in [2.75, 3.05) is 6.26 Å². The molecule has 0 aliphatic heterocycles. The minimum Gasteiger partial charge on any atom is -0.392 e. The minimum atomic E-state index is -0.326. The van der Waals surface area contributed by atoms with E-state index >= 15 is 0 Å². The van der Waals surface area contributed by atoms with Gasteiger partial charge in [0.1, 0.15) is 5.82 Å². The van der Waals surface area contributed by atoms with Gasteiger partial charge in [-0.3, -0.25) is 0 Å². The number of thioether (sulfide) groups is 1. The fourth-order valence-corrected chi connectivity index (χ4v) is 1.67. The van der Waals surface area contributed by atoms with Gasteiger partial charge in [0.25, 0.3) is 0 Å². The van der Waals surface area contributed by atoms with Crippen molar-refractivity contribution in [2.24, 2.45) is 0 Å². The van der Waals surface area contributed by atoms with Crippen LogP contribution in [-0.4, -0.2) is 11.4 Å². The van der Waals surface area contributed by atoms with E-state index in [9.17, 15) is 4.39 Å². The molecule has 1 aromatic carbocycles. The van der Waals surface area contributed by atoms with Crippen LogP contribution < -0.4 is 0 Å². The fourth-order valence-electron chi connectivity index (χ4n) is 1.06. The Bertz CT molecular complexity index is 256. The van der Waals surface area contributed by atoms with E-state index in [4.69, 9.17) is 5.11 Å². The molecule has 12 heavy (non-hydrogen) atoms. The van der Waals surface area contributed by atoms with Crippen LogP contribution in [0.1, 0.15) is 11.1 Å². The van der Waals surface area contributed by atoms with Crippen molar-refractivity contribution >= 4 is 11.8 Å². The number of benzene rings is 1. The summed E-state index contributed by atoms with van der Waals surface area (Å²) < 4.78 is 13.0. The topological polar surface area (TPSA) is 20.2 Å². The van der Waals surface area contributed by atoms with E-state index in [1.807, 2.05) is 13.2 Å². The van der Waals surface area contributed by atoms with Crippen molar-refractivity contribution in [3.63, 3.8) is 0 Å². The normalized spacial score (nSPS) is 10.3. The number of aryl methyl sites for hydroxylation is 1. The Morgan fingerprint density at radius 3 is 2.67 bits per heavy atom. The third-order valence-electron chi connectivity index (χ3n) is 1.73. The maximum Gasteiger partial charge on any atom is 0.129 e. The van der Waals surface area contributed by atoms with Crippen LogP contribution in [0.2, 0.25) is 0 Å². The van der Waals surface area contributed by atoms with Crippen molar-refractivity contribution in [3.8, 4) is 0 Å². The molecule has 1 aromatic rings. The molecule has 0 aliphatic rings. The highest BCUT2D eigenvalue weighted by Gasteiger charge is 2.04.